The van der Waals surface area contributed by atoms with E-state index in [1.165, 1.54) is 0 Å². The van der Waals surface area contributed by atoms with Gasteiger partial charge in [-0.2, -0.15) is 0 Å². The molecule has 3 aromatic carbocycles. The first-order valence-corrected chi connectivity index (χ1v) is 14.2. The molecule has 0 unspecified atom stereocenters. The molecule has 0 radical (unpaired) electrons. The van der Waals surface area contributed by atoms with Gasteiger partial charge in [-0.1, -0.05) is 62.3 Å². The molecule has 3 aromatic rings. The number of ether oxygens (including phenoxy) is 1. The zero-order valence-electron chi connectivity index (χ0n) is 25.2. The van der Waals surface area contributed by atoms with Gasteiger partial charge >= 0.3 is 6.09 Å². The van der Waals surface area contributed by atoms with Crippen LogP contribution in [0, 0.1) is 24.7 Å². The lowest BCUT2D eigenvalue weighted by Crippen LogP contribution is -2.43. The molecule has 2 N–H and O–H groups in total. The molecule has 0 aliphatic carbocycles. The van der Waals surface area contributed by atoms with E-state index >= 15 is 0 Å². The number of unbranched alkanes of at least 4 members (excludes halogenated alkanes) is 3. The highest BCUT2D eigenvalue weighted by Gasteiger charge is 2.30. The monoisotopic (exact) mass is 564 g/mol. The van der Waals surface area contributed by atoms with Gasteiger partial charge in [-0.25, -0.2) is 4.79 Å². The molecular formula is C36H40N2O4. The molecule has 0 spiro atoms. The predicted octanol–water partition coefficient (Wildman–Crippen LogP) is 7.29. The summed E-state index contributed by atoms with van der Waals surface area (Å²) in [4.78, 5) is 28.5. The van der Waals surface area contributed by atoms with Crippen LogP contribution in [0.25, 0.3) is 22.3 Å². The summed E-state index contributed by atoms with van der Waals surface area (Å²) in [5.74, 6) is 4.94. The van der Waals surface area contributed by atoms with E-state index in [9.17, 15) is 14.7 Å². The maximum atomic E-state index is 13.9. The van der Waals surface area contributed by atoms with E-state index in [0.29, 0.717) is 45.5 Å². The van der Waals surface area contributed by atoms with Crippen molar-refractivity contribution < 1.29 is 19.4 Å². The van der Waals surface area contributed by atoms with Crippen LogP contribution >= 0.6 is 0 Å². The van der Waals surface area contributed by atoms with Gasteiger partial charge in [0, 0.05) is 35.8 Å². The molecule has 0 aliphatic rings. The first kappa shape index (κ1) is 31.8. The van der Waals surface area contributed by atoms with Crippen LogP contribution in [0.1, 0.15) is 76.1 Å². The largest absolute Gasteiger partial charge is 0.507 e. The summed E-state index contributed by atoms with van der Waals surface area (Å²) < 4.78 is 5.53. The second-order valence-electron chi connectivity index (χ2n) is 11.3. The highest BCUT2D eigenvalue weighted by Crippen LogP contribution is 2.41. The average Bonchev–Trinajstić information content (AvgIpc) is 2.97. The number of nitrogens with zero attached hydrogens (tertiary/aromatic N) is 1. The number of phenols is 1. The number of alkyl carbamates (subject to hydrolysis) is 1. The molecule has 6 nitrogen and oxygen atoms in total. The number of benzene rings is 3. The first-order valence-electron chi connectivity index (χ1n) is 14.2. The predicted molar refractivity (Wildman–Crippen MR) is 169 cm³/mol. The summed E-state index contributed by atoms with van der Waals surface area (Å²) in [6, 6.07) is 16.8. The number of hydrogen-bond donors (Lipinski definition) is 2. The number of phenolic OH excluding ortho intramolecular Hbond substituents is 1. The molecule has 0 bridgehead atoms. The average molecular weight is 565 g/mol. The SMILES string of the molecule is C#Cc1ccc(-c2cc([C@@H](NC(=O)OC(C)(C)C)C(=O)N(C)CCCCCC)cc(-c3ccc(C#C)cc3)c2O)cc1. The number of amides is 2. The summed E-state index contributed by atoms with van der Waals surface area (Å²) in [6.45, 7) is 7.97. The van der Waals surface area contributed by atoms with Crippen molar-refractivity contribution in [3.8, 4) is 52.7 Å². The highest BCUT2D eigenvalue weighted by molar-refractivity contribution is 5.90. The summed E-state index contributed by atoms with van der Waals surface area (Å²) in [5, 5.41) is 14.3. The van der Waals surface area contributed by atoms with Crippen LogP contribution in [0.4, 0.5) is 4.79 Å². The van der Waals surface area contributed by atoms with Gasteiger partial charge in [-0.05, 0) is 80.3 Å². The third kappa shape index (κ3) is 8.41. The zero-order chi connectivity index (χ0) is 30.9. The Hall–Kier alpha value is -4.68. The van der Waals surface area contributed by atoms with E-state index in [4.69, 9.17) is 17.6 Å². The molecule has 0 aliphatic heterocycles. The van der Waals surface area contributed by atoms with E-state index in [1.807, 2.05) is 24.3 Å². The van der Waals surface area contributed by atoms with Crippen LogP contribution in [0.2, 0.25) is 0 Å². The summed E-state index contributed by atoms with van der Waals surface area (Å²) in [7, 11) is 1.73. The number of carbonyl (C=O) groups is 2. The van der Waals surface area contributed by atoms with Crippen molar-refractivity contribution >= 4 is 12.0 Å². The highest BCUT2D eigenvalue weighted by atomic mass is 16.6. The summed E-state index contributed by atoms with van der Waals surface area (Å²) in [5.41, 5.74) is 3.51. The first-order chi connectivity index (χ1) is 20.0. The van der Waals surface area contributed by atoms with E-state index in [-0.39, 0.29) is 11.7 Å². The molecule has 0 saturated carbocycles. The Kier molecular flexibility index (Phi) is 10.8. The minimum absolute atomic E-state index is 0.0250. The summed E-state index contributed by atoms with van der Waals surface area (Å²) >= 11 is 0. The number of likely N-dealkylation sites (N-methyl/N-ethyl adjacent to an activating group) is 1. The van der Waals surface area contributed by atoms with Crippen molar-refractivity contribution in [2.24, 2.45) is 0 Å². The fraction of sp³-hybridized carbons (Fsp3) is 0.333. The smallest absolute Gasteiger partial charge is 0.408 e. The minimum Gasteiger partial charge on any atom is -0.507 e. The molecular weight excluding hydrogens is 524 g/mol. The van der Waals surface area contributed by atoms with Crippen molar-refractivity contribution in [2.75, 3.05) is 13.6 Å². The van der Waals surface area contributed by atoms with Crippen molar-refractivity contribution in [3.05, 3.63) is 77.4 Å². The lowest BCUT2D eigenvalue weighted by atomic mass is 9.91. The van der Waals surface area contributed by atoms with E-state index in [2.05, 4.69) is 24.1 Å². The van der Waals surface area contributed by atoms with Gasteiger partial charge < -0.3 is 20.1 Å². The zero-order valence-corrected chi connectivity index (χ0v) is 25.2. The van der Waals surface area contributed by atoms with Gasteiger partial charge in [-0.3, -0.25) is 4.79 Å². The number of nitrogens with one attached hydrogen (secondary N) is 1. The van der Waals surface area contributed by atoms with Crippen LogP contribution in [0.15, 0.2) is 60.7 Å². The maximum absolute atomic E-state index is 13.9. The van der Waals surface area contributed by atoms with Gasteiger partial charge in [0.25, 0.3) is 0 Å². The van der Waals surface area contributed by atoms with Crippen LogP contribution < -0.4 is 5.32 Å². The summed E-state index contributed by atoms with van der Waals surface area (Å²) in [6.07, 6.45) is 14.4. The Morgan fingerprint density at radius 1 is 0.905 bits per heavy atom. The molecule has 2 amide bonds. The second-order valence-corrected chi connectivity index (χ2v) is 11.3. The van der Waals surface area contributed by atoms with Gasteiger partial charge in [-0.15, -0.1) is 12.8 Å². The molecule has 3 rings (SSSR count). The van der Waals surface area contributed by atoms with Crippen molar-refractivity contribution in [1.82, 2.24) is 10.2 Å². The van der Waals surface area contributed by atoms with Crippen LogP contribution in [0.3, 0.4) is 0 Å². The molecule has 0 fully saturated rings. The normalized spacial score (nSPS) is 11.6. The molecule has 0 aromatic heterocycles. The Morgan fingerprint density at radius 3 is 1.83 bits per heavy atom. The van der Waals surface area contributed by atoms with Crippen LogP contribution in [-0.4, -0.2) is 41.2 Å². The second kappa shape index (κ2) is 14.3. The van der Waals surface area contributed by atoms with E-state index in [1.54, 1.807) is 69.1 Å². The lowest BCUT2D eigenvalue weighted by Gasteiger charge is -2.28. The number of terminal acetylenes is 2. The van der Waals surface area contributed by atoms with Gasteiger partial charge in [0.2, 0.25) is 5.91 Å². The molecule has 42 heavy (non-hydrogen) atoms. The number of hydrogen-bond acceptors (Lipinski definition) is 4. The molecule has 6 heteroatoms. The van der Waals surface area contributed by atoms with Crippen molar-refractivity contribution in [2.45, 2.75) is 65.0 Å². The Bertz CT molecular complexity index is 1390. The maximum Gasteiger partial charge on any atom is 0.408 e. The number of rotatable bonds is 10. The topological polar surface area (TPSA) is 78.9 Å². The lowest BCUT2D eigenvalue weighted by molar-refractivity contribution is -0.132. The Labute approximate surface area is 250 Å². The van der Waals surface area contributed by atoms with Gasteiger partial charge in [0.15, 0.2) is 0 Å². The Morgan fingerprint density at radius 2 is 1.40 bits per heavy atom. The van der Waals surface area contributed by atoms with Gasteiger partial charge in [0.05, 0.1) is 0 Å². The quantitative estimate of drug-likeness (QED) is 0.200. The van der Waals surface area contributed by atoms with Crippen LogP contribution in [0.5, 0.6) is 5.75 Å². The molecule has 218 valence electrons. The van der Waals surface area contributed by atoms with E-state index in [0.717, 1.165) is 25.7 Å². The molecule has 0 saturated heterocycles. The third-order valence-electron chi connectivity index (χ3n) is 6.82. The van der Waals surface area contributed by atoms with Crippen molar-refractivity contribution in [3.63, 3.8) is 0 Å². The standard InChI is InChI=1S/C36H40N2O4/c1-8-11-12-13-22-38(7)34(40)32(37-35(41)42-36(4,5)6)29-23-30(27-18-14-25(9-2)15-19-27)33(39)31(24-29)28-20-16-26(10-3)17-21-28/h2-3,14-21,23-24,32,39H,8,11-13,22H2,1,4-7H3,(H,37,41)/t32-/m1/s1. The fourth-order valence-corrected chi connectivity index (χ4v) is 4.57. The number of carbonyl (C=O) groups excluding carboxylic acids is 2. The van der Waals surface area contributed by atoms with Crippen molar-refractivity contribution in [1.29, 1.82) is 0 Å². The minimum atomic E-state index is -1.07. The fourth-order valence-electron chi connectivity index (χ4n) is 4.57. The molecule has 1 atom stereocenters. The Balaban J connectivity index is 2.17. The van der Waals surface area contributed by atoms with Gasteiger partial charge in [0.1, 0.15) is 17.4 Å². The molecule has 0 heterocycles. The van der Waals surface area contributed by atoms with Crippen LogP contribution in [-0.2, 0) is 9.53 Å². The number of aromatic hydroxyl groups is 1. The van der Waals surface area contributed by atoms with E-state index < -0.39 is 17.7 Å². The third-order valence-corrected chi connectivity index (χ3v) is 6.82.